The molecule has 0 aliphatic heterocycles. The average Bonchev–Trinajstić information content (AvgIpc) is 2.10. The highest BCUT2D eigenvalue weighted by Crippen LogP contribution is 2.14. The predicted molar refractivity (Wildman–Crippen MR) is 62.8 cm³/mol. The van der Waals surface area contributed by atoms with E-state index in [1.807, 2.05) is 27.7 Å². The van der Waals surface area contributed by atoms with E-state index in [-0.39, 0.29) is 12.0 Å². The molecule has 0 saturated heterocycles. The van der Waals surface area contributed by atoms with E-state index in [9.17, 15) is 4.79 Å². The fourth-order valence-electron chi connectivity index (χ4n) is 1.34. The van der Waals surface area contributed by atoms with Gasteiger partial charge in [0.05, 0.1) is 0 Å². The molecule has 0 aliphatic rings. The van der Waals surface area contributed by atoms with E-state index in [4.69, 9.17) is 4.74 Å². The van der Waals surface area contributed by atoms with E-state index in [1.165, 1.54) is 0 Å². The van der Waals surface area contributed by atoms with Gasteiger partial charge in [0.25, 0.3) is 0 Å². The molecular formula is C12H25NO2. The van der Waals surface area contributed by atoms with Crippen molar-refractivity contribution in [3.63, 3.8) is 0 Å². The van der Waals surface area contributed by atoms with Crippen molar-refractivity contribution in [1.82, 2.24) is 5.32 Å². The summed E-state index contributed by atoms with van der Waals surface area (Å²) in [4.78, 5) is 11.9. The predicted octanol–water partition coefficient (Wildman–Crippen LogP) is 2.35. The lowest BCUT2D eigenvalue weighted by Crippen LogP contribution is -2.45. The Morgan fingerprint density at radius 1 is 1.33 bits per heavy atom. The first-order valence-electron chi connectivity index (χ1n) is 5.78. The van der Waals surface area contributed by atoms with Crippen LogP contribution in [0.3, 0.4) is 0 Å². The summed E-state index contributed by atoms with van der Waals surface area (Å²) >= 11 is 0. The van der Waals surface area contributed by atoms with Crippen LogP contribution in [0.15, 0.2) is 0 Å². The van der Waals surface area contributed by atoms with Crippen LogP contribution < -0.4 is 5.32 Å². The summed E-state index contributed by atoms with van der Waals surface area (Å²) < 4.78 is 5.37. The van der Waals surface area contributed by atoms with Crippen LogP contribution in [0.25, 0.3) is 0 Å². The van der Waals surface area contributed by atoms with Gasteiger partial charge in [0.15, 0.2) is 0 Å². The molecule has 0 spiro atoms. The topological polar surface area (TPSA) is 38.3 Å². The maximum atomic E-state index is 11.9. The minimum Gasteiger partial charge on any atom is -0.459 e. The third-order valence-electron chi connectivity index (χ3n) is 2.30. The Morgan fingerprint density at radius 3 is 2.20 bits per heavy atom. The van der Waals surface area contributed by atoms with Gasteiger partial charge in [-0.05, 0) is 33.2 Å². The van der Waals surface area contributed by atoms with E-state index in [0.29, 0.717) is 5.92 Å². The third-order valence-corrected chi connectivity index (χ3v) is 2.30. The van der Waals surface area contributed by atoms with Gasteiger partial charge >= 0.3 is 5.97 Å². The van der Waals surface area contributed by atoms with Gasteiger partial charge in [-0.15, -0.1) is 0 Å². The maximum absolute atomic E-state index is 11.9. The van der Waals surface area contributed by atoms with Crippen LogP contribution in [-0.2, 0) is 9.53 Å². The van der Waals surface area contributed by atoms with Crippen LogP contribution in [0.5, 0.6) is 0 Å². The number of esters is 1. The van der Waals surface area contributed by atoms with E-state index in [2.05, 4.69) is 19.2 Å². The lowest BCUT2D eigenvalue weighted by molar-refractivity contribution is -0.158. The second kappa shape index (κ2) is 6.11. The normalized spacial score (nSPS) is 15.9. The van der Waals surface area contributed by atoms with Crippen LogP contribution >= 0.6 is 0 Å². The van der Waals surface area contributed by atoms with E-state index in [1.54, 1.807) is 0 Å². The minimum atomic E-state index is -0.405. The number of likely N-dealkylation sites (N-methyl/N-ethyl adjacent to an activating group) is 1. The Morgan fingerprint density at radius 2 is 1.87 bits per heavy atom. The Bertz CT molecular complexity index is 196. The van der Waals surface area contributed by atoms with Gasteiger partial charge in [-0.3, -0.25) is 4.79 Å². The summed E-state index contributed by atoms with van der Waals surface area (Å²) in [6.45, 7) is 12.6. The molecule has 1 N–H and O–H groups in total. The smallest absolute Gasteiger partial charge is 0.323 e. The fourth-order valence-corrected chi connectivity index (χ4v) is 1.34. The Balaban J connectivity index is 4.42. The fraction of sp³-hybridized carbons (Fsp3) is 0.917. The van der Waals surface area contributed by atoms with Gasteiger partial charge in [-0.25, -0.2) is 0 Å². The van der Waals surface area contributed by atoms with Gasteiger partial charge in [0.2, 0.25) is 0 Å². The average molecular weight is 215 g/mol. The van der Waals surface area contributed by atoms with E-state index in [0.717, 1.165) is 13.0 Å². The number of ether oxygens (including phenoxy) is 1. The molecule has 0 aromatic heterocycles. The summed E-state index contributed by atoms with van der Waals surface area (Å²) in [7, 11) is 0. The van der Waals surface area contributed by atoms with Gasteiger partial charge in [0, 0.05) is 0 Å². The monoisotopic (exact) mass is 215 g/mol. The summed E-state index contributed by atoms with van der Waals surface area (Å²) in [5, 5.41) is 3.18. The molecule has 0 amide bonds. The minimum absolute atomic E-state index is 0.140. The zero-order chi connectivity index (χ0) is 12.1. The van der Waals surface area contributed by atoms with E-state index < -0.39 is 5.60 Å². The lowest BCUT2D eigenvalue weighted by atomic mass is 9.99. The van der Waals surface area contributed by atoms with Crippen LogP contribution in [0.1, 0.15) is 48.0 Å². The molecule has 0 bridgehead atoms. The number of carbonyl (C=O) groups excluding carboxylic acids is 1. The second-order valence-electron chi connectivity index (χ2n) is 4.95. The molecule has 0 aromatic rings. The molecule has 3 nitrogen and oxygen atoms in total. The number of nitrogens with one attached hydrogen (secondary N) is 1. The molecule has 0 aromatic carbocycles. The SMILES string of the molecule is CCN[C@H](C(=O)OC(C)(C)C)[C@@H](C)CC. The summed E-state index contributed by atoms with van der Waals surface area (Å²) in [5.74, 6) is 0.165. The first-order chi connectivity index (χ1) is 6.81. The van der Waals surface area contributed by atoms with Gasteiger partial charge in [0.1, 0.15) is 11.6 Å². The third kappa shape index (κ3) is 5.78. The molecular weight excluding hydrogens is 190 g/mol. The molecule has 90 valence electrons. The number of rotatable bonds is 5. The van der Waals surface area contributed by atoms with Gasteiger partial charge in [-0.2, -0.15) is 0 Å². The molecule has 0 unspecified atom stereocenters. The molecule has 0 fully saturated rings. The van der Waals surface area contributed by atoms with Crippen LogP contribution in [0.4, 0.5) is 0 Å². The number of hydrogen-bond donors (Lipinski definition) is 1. The van der Waals surface area contributed by atoms with Crippen molar-refractivity contribution in [3.05, 3.63) is 0 Å². The highest BCUT2D eigenvalue weighted by Gasteiger charge is 2.27. The van der Waals surface area contributed by atoms with Crippen LogP contribution in [0, 0.1) is 5.92 Å². The zero-order valence-corrected chi connectivity index (χ0v) is 10.9. The van der Waals surface area contributed by atoms with Gasteiger partial charge in [-0.1, -0.05) is 27.2 Å². The molecule has 0 saturated carbocycles. The number of carbonyl (C=O) groups is 1. The molecule has 2 atom stereocenters. The molecule has 0 aliphatic carbocycles. The van der Waals surface area contributed by atoms with Crippen molar-refractivity contribution >= 4 is 5.97 Å². The Hall–Kier alpha value is -0.570. The Kier molecular flexibility index (Phi) is 5.88. The molecule has 3 heteroatoms. The Labute approximate surface area is 93.6 Å². The lowest BCUT2D eigenvalue weighted by Gasteiger charge is -2.27. The standard InChI is InChI=1S/C12H25NO2/c1-7-9(3)10(13-8-2)11(14)15-12(4,5)6/h9-10,13H,7-8H2,1-6H3/t9-,10-/m0/s1. The van der Waals surface area contributed by atoms with E-state index >= 15 is 0 Å². The molecule has 0 rings (SSSR count). The van der Waals surface area contributed by atoms with Crippen LogP contribution in [-0.4, -0.2) is 24.2 Å². The second-order valence-corrected chi connectivity index (χ2v) is 4.95. The van der Waals surface area contributed by atoms with Crippen LogP contribution in [0.2, 0.25) is 0 Å². The quantitative estimate of drug-likeness (QED) is 0.715. The van der Waals surface area contributed by atoms with Crippen molar-refractivity contribution in [2.45, 2.75) is 59.6 Å². The molecule has 0 radical (unpaired) electrons. The highest BCUT2D eigenvalue weighted by atomic mass is 16.6. The first kappa shape index (κ1) is 14.4. The zero-order valence-electron chi connectivity index (χ0n) is 10.9. The first-order valence-corrected chi connectivity index (χ1v) is 5.78. The molecule has 0 heterocycles. The molecule has 15 heavy (non-hydrogen) atoms. The van der Waals surface area contributed by atoms with Crippen molar-refractivity contribution in [1.29, 1.82) is 0 Å². The van der Waals surface area contributed by atoms with Crippen molar-refractivity contribution < 1.29 is 9.53 Å². The maximum Gasteiger partial charge on any atom is 0.323 e. The van der Waals surface area contributed by atoms with Crippen molar-refractivity contribution in [2.75, 3.05) is 6.54 Å². The number of hydrogen-bond acceptors (Lipinski definition) is 3. The largest absolute Gasteiger partial charge is 0.459 e. The van der Waals surface area contributed by atoms with Crippen molar-refractivity contribution in [2.24, 2.45) is 5.92 Å². The summed E-state index contributed by atoms with van der Waals surface area (Å²) in [5.41, 5.74) is -0.405. The van der Waals surface area contributed by atoms with Crippen molar-refractivity contribution in [3.8, 4) is 0 Å². The highest BCUT2D eigenvalue weighted by molar-refractivity contribution is 5.76. The summed E-state index contributed by atoms with van der Waals surface area (Å²) in [6, 6.07) is -0.181. The summed E-state index contributed by atoms with van der Waals surface area (Å²) in [6.07, 6.45) is 0.969. The van der Waals surface area contributed by atoms with Gasteiger partial charge < -0.3 is 10.1 Å².